The zero-order valence-corrected chi connectivity index (χ0v) is 15.1. The number of aromatic nitrogens is 3. The third-order valence-corrected chi connectivity index (χ3v) is 4.91. The molecule has 6 heteroatoms. The van der Waals surface area contributed by atoms with Gasteiger partial charge in [-0.15, -0.1) is 0 Å². The molecule has 138 valence electrons. The van der Waals surface area contributed by atoms with Gasteiger partial charge < -0.3 is 5.32 Å². The highest BCUT2D eigenvalue weighted by molar-refractivity contribution is 5.95. The molecule has 1 aliphatic heterocycles. The van der Waals surface area contributed by atoms with Crippen LogP contribution in [0, 0.1) is 0 Å². The van der Waals surface area contributed by atoms with Gasteiger partial charge in [-0.3, -0.25) is 19.8 Å². The Bertz CT molecular complexity index is 879. The second kappa shape index (κ2) is 8.14. The zero-order chi connectivity index (χ0) is 18.5. The van der Waals surface area contributed by atoms with Gasteiger partial charge in [0.15, 0.2) is 0 Å². The van der Waals surface area contributed by atoms with E-state index in [1.165, 1.54) is 0 Å². The van der Waals surface area contributed by atoms with E-state index < -0.39 is 0 Å². The molecule has 2 N–H and O–H groups in total. The fraction of sp³-hybridized carbons (Fsp3) is 0.286. The lowest BCUT2D eigenvalue weighted by Crippen LogP contribution is -2.47. The minimum Gasteiger partial charge on any atom is -0.348 e. The van der Waals surface area contributed by atoms with Crippen LogP contribution in [-0.4, -0.2) is 45.1 Å². The number of pyridine rings is 1. The zero-order valence-electron chi connectivity index (χ0n) is 15.1. The number of nitrogens with zero attached hydrogens (tertiary/aromatic N) is 3. The molecule has 0 radical (unpaired) electrons. The van der Waals surface area contributed by atoms with Crippen LogP contribution in [0.1, 0.15) is 28.9 Å². The molecule has 1 aliphatic rings. The van der Waals surface area contributed by atoms with E-state index in [1.54, 1.807) is 6.20 Å². The fourth-order valence-corrected chi connectivity index (χ4v) is 3.56. The van der Waals surface area contributed by atoms with E-state index >= 15 is 0 Å². The van der Waals surface area contributed by atoms with Crippen molar-refractivity contribution in [3.05, 3.63) is 72.3 Å². The first-order valence-corrected chi connectivity index (χ1v) is 9.30. The molecule has 0 bridgehead atoms. The van der Waals surface area contributed by atoms with Gasteiger partial charge in [-0.25, -0.2) is 0 Å². The third-order valence-electron chi connectivity index (χ3n) is 4.91. The maximum atomic E-state index is 12.7. The number of hydrogen-bond donors (Lipinski definition) is 2. The van der Waals surface area contributed by atoms with E-state index in [0.717, 1.165) is 49.3 Å². The monoisotopic (exact) mass is 361 g/mol. The highest BCUT2D eigenvalue weighted by Crippen LogP contribution is 2.19. The number of rotatable bonds is 5. The Morgan fingerprint density at radius 3 is 3.00 bits per heavy atom. The second-order valence-electron chi connectivity index (χ2n) is 6.94. The predicted octanol–water partition coefficient (Wildman–Crippen LogP) is 2.87. The van der Waals surface area contributed by atoms with E-state index in [2.05, 4.69) is 25.4 Å². The van der Waals surface area contributed by atoms with Crippen LogP contribution < -0.4 is 5.32 Å². The standard InChI is InChI=1S/C21H23N5O/c27-21(17-6-3-5-16(11-17)18-12-23-24-13-18)25-20-8-4-10-26(15-20)14-19-7-1-2-9-22-19/h1-3,5-7,9,11-13,20H,4,8,10,14-15H2,(H,23,24)(H,25,27)/t20-/m1/s1. The van der Waals surface area contributed by atoms with Crippen molar-refractivity contribution in [3.8, 4) is 11.1 Å². The number of likely N-dealkylation sites (tertiary alicyclic amines) is 1. The predicted molar refractivity (Wildman–Crippen MR) is 104 cm³/mol. The highest BCUT2D eigenvalue weighted by atomic mass is 16.1. The smallest absolute Gasteiger partial charge is 0.251 e. The average Bonchev–Trinajstić information content (AvgIpc) is 3.24. The van der Waals surface area contributed by atoms with Gasteiger partial charge in [-0.05, 0) is 49.2 Å². The number of aromatic amines is 1. The van der Waals surface area contributed by atoms with Gasteiger partial charge in [0.2, 0.25) is 0 Å². The number of amides is 1. The lowest BCUT2D eigenvalue weighted by molar-refractivity contribution is 0.0900. The highest BCUT2D eigenvalue weighted by Gasteiger charge is 2.22. The van der Waals surface area contributed by atoms with Gasteiger partial charge in [0.1, 0.15) is 0 Å². The van der Waals surface area contributed by atoms with Gasteiger partial charge in [0, 0.05) is 42.7 Å². The lowest BCUT2D eigenvalue weighted by Gasteiger charge is -2.32. The Kier molecular flexibility index (Phi) is 5.25. The minimum absolute atomic E-state index is 0.0231. The van der Waals surface area contributed by atoms with Crippen molar-refractivity contribution in [2.45, 2.75) is 25.4 Å². The SMILES string of the molecule is O=C(N[C@@H]1CCCN(Cc2ccccn2)C1)c1cccc(-c2cn[nH]c2)c1. The first-order chi connectivity index (χ1) is 13.3. The van der Waals surface area contributed by atoms with Crippen molar-refractivity contribution in [2.24, 2.45) is 0 Å². The van der Waals surface area contributed by atoms with Gasteiger partial charge >= 0.3 is 0 Å². The van der Waals surface area contributed by atoms with Crippen LogP contribution in [0.5, 0.6) is 0 Å². The molecule has 1 fully saturated rings. The van der Waals surface area contributed by atoms with Crippen LogP contribution in [-0.2, 0) is 6.54 Å². The maximum absolute atomic E-state index is 12.7. The lowest BCUT2D eigenvalue weighted by atomic mass is 10.0. The molecule has 2 aromatic heterocycles. The van der Waals surface area contributed by atoms with Crippen LogP contribution in [0.25, 0.3) is 11.1 Å². The molecule has 0 unspecified atom stereocenters. The molecule has 4 rings (SSSR count). The number of carbonyl (C=O) groups excluding carboxylic acids is 1. The molecule has 27 heavy (non-hydrogen) atoms. The van der Waals surface area contributed by atoms with Crippen LogP contribution in [0.3, 0.4) is 0 Å². The average molecular weight is 361 g/mol. The molecular weight excluding hydrogens is 338 g/mol. The topological polar surface area (TPSA) is 73.9 Å². The summed E-state index contributed by atoms with van der Waals surface area (Å²) in [5, 5.41) is 9.98. The Balaban J connectivity index is 1.38. The summed E-state index contributed by atoms with van der Waals surface area (Å²) in [6, 6.07) is 13.8. The summed E-state index contributed by atoms with van der Waals surface area (Å²) in [6.07, 6.45) is 7.49. The summed E-state index contributed by atoms with van der Waals surface area (Å²) < 4.78 is 0. The third kappa shape index (κ3) is 4.41. The molecule has 0 spiro atoms. The van der Waals surface area contributed by atoms with Crippen molar-refractivity contribution in [1.29, 1.82) is 0 Å². The van der Waals surface area contributed by atoms with Crippen molar-refractivity contribution in [2.75, 3.05) is 13.1 Å². The fourth-order valence-electron chi connectivity index (χ4n) is 3.56. The van der Waals surface area contributed by atoms with Gasteiger partial charge in [0.05, 0.1) is 11.9 Å². The normalized spacial score (nSPS) is 17.6. The van der Waals surface area contributed by atoms with Crippen molar-refractivity contribution in [3.63, 3.8) is 0 Å². The van der Waals surface area contributed by atoms with E-state index in [0.29, 0.717) is 5.56 Å². The van der Waals surface area contributed by atoms with Crippen molar-refractivity contribution in [1.82, 2.24) is 25.4 Å². The largest absolute Gasteiger partial charge is 0.348 e. The first-order valence-electron chi connectivity index (χ1n) is 9.30. The van der Waals surface area contributed by atoms with E-state index in [4.69, 9.17) is 0 Å². The van der Waals surface area contributed by atoms with Gasteiger partial charge in [0.25, 0.3) is 5.91 Å². The van der Waals surface area contributed by atoms with Crippen molar-refractivity contribution < 1.29 is 4.79 Å². The Labute approximate surface area is 158 Å². The molecule has 6 nitrogen and oxygen atoms in total. The van der Waals surface area contributed by atoms with Crippen molar-refractivity contribution >= 4 is 5.91 Å². The van der Waals surface area contributed by atoms with Crippen LogP contribution in [0.2, 0.25) is 0 Å². The molecule has 0 aliphatic carbocycles. The molecule has 3 heterocycles. The van der Waals surface area contributed by atoms with Gasteiger partial charge in [-0.1, -0.05) is 18.2 Å². The Morgan fingerprint density at radius 1 is 1.22 bits per heavy atom. The minimum atomic E-state index is -0.0231. The first kappa shape index (κ1) is 17.4. The molecular formula is C21H23N5O. The summed E-state index contributed by atoms with van der Waals surface area (Å²) in [6.45, 7) is 2.71. The molecule has 1 amide bonds. The summed E-state index contributed by atoms with van der Waals surface area (Å²) in [7, 11) is 0. The molecule has 3 aromatic rings. The van der Waals surface area contributed by atoms with Crippen LogP contribution in [0.4, 0.5) is 0 Å². The molecule has 1 atom stereocenters. The summed E-state index contributed by atoms with van der Waals surface area (Å²) >= 11 is 0. The number of nitrogens with one attached hydrogen (secondary N) is 2. The van der Waals surface area contributed by atoms with E-state index in [9.17, 15) is 4.79 Å². The molecule has 1 aromatic carbocycles. The Morgan fingerprint density at radius 2 is 2.19 bits per heavy atom. The van der Waals surface area contributed by atoms with Crippen LogP contribution >= 0.6 is 0 Å². The molecule has 0 saturated carbocycles. The van der Waals surface area contributed by atoms with E-state index in [1.807, 2.05) is 54.9 Å². The summed E-state index contributed by atoms with van der Waals surface area (Å²) in [5.74, 6) is -0.0231. The summed E-state index contributed by atoms with van der Waals surface area (Å²) in [4.78, 5) is 19.5. The number of hydrogen-bond acceptors (Lipinski definition) is 4. The number of piperidine rings is 1. The number of carbonyl (C=O) groups is 1. The summed E-state index contributed by atoms with van der Waals surface area (Å²) in [5.41, 5.74) is 3.70. The quantitative estimate of drug-likeness (QED) is 0.733. The second-order valence-corrected chi connectivity index (χ2v) is 6.94. The van der Waals surface area contributed by atoms with Gasteiger partial charge in [-0.2, -0.15) is 5.10 Å². The Hall–Kier alpha value is -2.99. The van der Waals surface area contributed by atoms with Crippen LogP contribution in [0.15, 0.2) is 61.1 Å². The molecule has 1 saturated heterocycles. The maximum Gasteiger partial charge on any atom is 0.251 e. The number of H-pyrrole nitrogens is 1. The number of benzene rings is 1. The van der Waals surface area contributed by atoms with E-state index in [-0.39, 0.29) is 11.9 Å².